The van der Waals surface area contributed by atoms with Crippen LogP contribution in [0.2, 0.25) is 0 Å². The number of rotatable bonds is 3. The molecule has 0 bridgehead atoms. The average molecular weight is 139 g/mol. The van der Waals surface area contributed by atoms with Crippen LogP contribution in [0, 0.1) is 17.2 Å². The highest BCUT2D eigenvalue weighted by Gasteiger charge is 2.31. The molecule has 1 aliphatic rings. The minimum Gasteiger partial charge on any atom is -0.389 e. The summed E-state index contributed by atoms with van der Waals surface area (Å²) in [4.78, 5) is 0. The van der Waals surface area contributed by atoms with Crippen molar-refractivity contribution in [2.24, 2.45) is 5.92 Å². The molecule has 1 aliphatic carbocycles. The van der Waals surface area contributed by atoms with Gasteiger partial charge in [0, 0.05) is 0 Å². The molecular formula is C8H13NO. The fraction of sp³-hybridized carbons (Fsp3) is 0.875. The second-order valence-corrected chi connectivity index (χ2v) is 3.48. The van der Waals surface area contributed by atoms with Gasteiger partial charge in [-0.3, -0.25) is 0 Å². The molecule has 0 aromatic heterocycles. The topological polar surface area (TPSA) is 44.0 Å². The fourth-order valence-electron chi connectivity index (χ4n) is 1.19. The van der Waals surface area contributed by atoms with Crippen molar-refractivity contribution in [3.63, 3.8) is 0 Å². The van der Waals surface area contributed by atoms with Gasteiger partial charge in [0.15, 0.2) is 0 Å². The van der Waals surface area contributed by atoms with Gasteiger partial charge in [0.2, 0.25) is 0 Å². The molecule has 1 saturated carbocycles. The largest absolute Gasteiger partial charge is 0.389 e. The highest BCUT2D eigenvalue weighted by Crippen LogP contribution is 2.37. The third-order valence-corrected chi connectivity index (χ3v) is 1.89. The van der Waals surface area contributed by atoms with Crippen molar-refractivity contribution in [1.82, 2.24) is 0 Å². The van der Waals surface area contributed by atoms with Gasteiger partial charge in [-0.05, 0) is 19.3 Å². The number of hydrogen-bond donors (Lipinski definition) is 1. The van der Waals surface area contributed by atoms with E-state index in [-0.39, 0.29) is 6.42 Å². The van der Waals surface area contributed by atoms with E-state index in [1.54, 1.807) is 6.92 Å². The van der Waals surface area contributed by atoms with E-state index in [1.807, 2.05) is 6.07 Å². The predicted octanol–water partition coefficient (Wildman–Crippen LogP) is 1.45. The van der Waals surface area contributed by atoms with Crippen molar-refractivity contribution >= 4 is 0 Å². The zero-order valence-corrected chi connectivity index (χ0v) is 6.30. The highest BCUT2D eigenvalue weighted by atomic mass is 16.3. The molecular weight excluding hydrogens is 126 g/mol. The second kappa shape index (κ2) is 2.59. The molecule has 0 saturated heterocycles. The summed E-state index contributed by atoms with van der Waals surface area (Å²) in [6.45, 7) is 1.74. The maximum absolute atomic E-state index is 9.50. The van der Waals surface area contributed by atoms with Crippen LogP contribution < -0.4 is 0 Å². The lowest BCUT2D eigenvalue weighted by Crippen LogP contribution is -2.23. The molecule has 0 aliphatic heterocycles. The van der Waals surface area contributed by atoms with Crippen LogP contribution in [0.25, 0.3) is 0 Å². The number of nitrogens with zero attached hydrogens (tertiary/aromatic N) is 1. The normalized spacial score (nSPS) is 23.3. The zero-order chi connectivity index (χ0) is 7.61. The molecule has 0 radical (unpaired) electrons. The third-order valence-electron chi connectivity index (χ3n) is 1.89. The number of hydrogen-bond acceptors (Lipinski definition) is 2. The van der Waals surface area contributed by atoms with Crippen molar-refractivity contribution in [2.75, 3.05) is 0 Å². The molecule has 0 spiro atoms. The van der Waals surface area contributed by atoms with Crippen molar-refractivity contribution in [3.05, 3.63) is 0 Å². The first-order valence-electron chi connectivity index (χ1n) is 3.73. The summed E-state index contributed by atoms with van der Waals surface area (Å²) in [7, 11) is 0. The maximum Gasteiger partial charge on any atom is 0.0751 e. The van der Waals surface area contributed by atoms with E-state index in [9.17, 15) is 5.11 Å². The summed E-state index contributed by atoms with van der Waals surface area (Å²) in [6.07, 6.45) is 3.55. The zero-order valence-electron chi connectivity index (χ0n) is 6.30. The van der Waals surface area contributed by atoms with E-state index in [1.165, 1.54) is 12.8 Å². The maximum atomic E-state index is 9.50. The summed E-state index contributed by atoms with van der Waals surface area (Å²) in [5.41, 5.74) is -0.726. The van der Waals surface area contributed by atoms with E-state index < -0.39 is 5.60 Å². The van der Waals surface area contributed by atoms with Gasteiger partial charge >= 0.3 is 0 Å². The smallest absolute Gasteiger partial charge is 0.0751 e. The molecule has 56 valence electrons. The molecule has 1 N–H and O–H groups in total. The van der Waals surface area contributed by atoms with Crippen molar-refractivity contribution in [1.29, 1.82) is 5.26 Å². The van der Waals surface area contributed by atoms with E-state index in [0.29, 0.717) is 5.92 Å². The first-order chi connectivity index (χ1) is 4.64. The third kappa shape index (κ3) is 2.36. The van der Waals surface area contributed by atoms with Gasteiger partial charge < -0.3 is 5.11 Å². The van der Waals surface area contributed by atoms with Crippen LogP contribution in [0.4, 0.5) is 0 Å². The highest BCUT2D eigenvalue weighted by molar-refractivity contribution is 4.90. The molecule has 2 heteroatoms. The summed E-state index contributed by atoms with van der Waals surface area (Å²) in [5.74, 6) is 0.698. The summed E-state index contributed by atoms with van der Waals surface area (Å²) >= 11 is 0. The summed E-state index contributed by atoms with van der Waals surface area (Å²) in [5, 5.41) is 17.8. The van der Waals surface area contributed by atoms with Gasteiger partial charge in [-0.2, -0.15) is 5.26 Å². The Morgan fingerprint density at radius 1 is 1.70 bits per heavy atom. The minimum absolute atomic E-state index is 0.267. The Kier molecular flexibility index (Phi) is 1.96. The van der Waals surface area contributed by atoms with Crippen LogP contribution >= 0.6 is 0 Å². The Morgan fingerprint density at radius 3 is 2.70 bits per heavy atom. The van der Waals surface area contributed by atoms with Crippen molar-refractivity contribution in [2.45, 2.75) is 38.2 Å². The molecule has 10 heavy (non-hydrogen) atoms. The first-order valence-corrected chi connectivity index (χ1v) is 3.73. The minimum atomic E-state index is -0.726. The Morgan fingerprint density at radius 2 is 2.30 bits per heavy atom. The van der Waals surface area contributed by atoms with Crippen molar-refractivity contribution in [3.8, 4) is 6.07 Å². The predicted molar refractivity (Wildman–Crippen MR) is 38.2 cm³/mol. The standard InChI is InChI=1S/C8H13NO/c1-8(10,4-5-9)6-7-2-3-7/h7,10H,2-4,6H2,1H3. The second-order valence-electron chi connectivity index (χ2n) is 3.48. The lowest BCUT2D eigenvalue weighted by molar-refractivity contribution is 0.0500. The Hall–Kier alpha value is -0.550. The Labute approximate surface area is 61.5 Å². The molecule has 1 unspecified atom stereocenters. The molecule has 0 aromatic rings. The van der Waals surface area contributed by atoms with Gasteiger partial charge in [-0.15, -0.1) is 0 Å². The molecule has 1 rings (SSSR count). The average Bonchev–Trinajstić information content (AvgIpc) is 2.48. The Bertz CT molecular complexity index is 153. The van der Waals surface area contributed by atoms with Gasteiger partial charge in [-0.25, -0.2) is 0 Å². The molecule has 1 fully saturated rings. The Balaban J connectivity index is 2.27. The van der Waals surface area contributed by atoms with Crippen LogP contribution in [0.15, 0.2) is 0 Å². The molecule has 0 aromatic carbocycles. The lowest BCUT2D eigenvalue weighted by Gasteiger charge is -2.18. The monoisotopic (exact) mass is 139 g/mol. The fourth-order valence-corrected chi connectivity index (χ4v) is 1.19. The molecule has 2 nitrogen and oxygen atoms in total. The number of aliphatic hydroxyl groups is 1. The van der Waals surface area contributed by atoms with Crippen LogP contribution in [-0.4, -0.2) is 10.7 Å². The first kappa shape index (κ1) is 7.56. The lowest BCUT2D eigenvalue weighted by atomic mass is 9.96. The van der Waals surface area contributed by atoms with E-state index in [4.69, 9.17) is 5.26 Å². The molecule has 0 heterocycles. The van der Waals surface area contributed by atoms with Crippen LogP contribution in [0.3, 0.4) is 0 Å². The van der Waals surface area contributed by atoms with Crippen LogP contribution in [0.1, 0.15) is 32.6 Å². The quantitative estimate of drug-likeness (QED) is 0.643. The SMILES string of the molecule is CC(O)(CC#N)CC1CC1. The van der Waals surface area contributed by atoms with E-state index in [0.717, 1.165) is 6.42 Å². The van der Waals surface area contributed by atoms with Crippen LogP contribution in [0.5, 0.6) is 0 Å². The number of nitriles is 1. The molecule has 1 atom stereocenters. The summed E-state index contributed by atoms with van der Waals surface area (Å²) in [6, 6.07) is 1.99. The van der Waals surface area contributed by atoms with E-state index >= 15 is 0 Å². The van der Waals surface area contributed by atoms with Crippen LogP contribution in [-0.2, 0) is 0 Å². The van der Waals surface area contributed by atoms with Gasteiger partial charge in [-0.1, -0.05) is 12.8 Å². The van der Waals surface area contributed by atoms with Gasteiger partial charge in [0.05, 0.1) is 18.1 Å². The van der Waals surface area contributed by atoms with E-state index in [2.05, 4.69) is 0 Å². The molecule has 0 amide bonds. The summed E-state index contributed by atoms with van der Waals surface area (Å²) < 4.78 is 0. The van der Waals surface area contributed by atoms with Gasteiger partial charge in [0.25, 0.3) is 0 Å². The van der Waals surface area contributed by atoms with Crippen molar-refractivity contribution < 1.29 is 5.11 Å². The van der Waals surface area contributed by atoms with Gasteiger partial charge in [0.1, 0.15) is 0 Å².